The van der Waals surface area contributed by atoms with Crippen LogP contribution in [-0.2, 0) is 11.3 Å². The molecule has 6 nitrogen and oxygen atoms in total. The summed E-state index contributed by atoms with van der Waals surface area (Å²) in [7, 11) is 0. The average molecular weight is 503 g/mol. The first kappa shape index (κ1) is 23.2. The van der Waals surface area contributed by atoms with Crippen LogP contribution >= 0.6 is 24.0 Å². The van der Waals surface area contributed by atoms with Gasteiger partial charge in [-0.05, 0) is 51.2 Å². The first-order chi connectivity index (χ1) is 13.1. The Morgan fingerprint density at radius 1 is 1.36 bits per heavy atom. The molecule has 1 aliphatic carbocycles. The lowest BCUT2D eigenvalue weighted by Crippen LogP contribution is -2.50. The second kappa shape index (κ2) is 11.2. The number of aryl methyl sites for hydroxylation is 1. The number of aliphatic hydroxyl groups is 1. The monoisotopic (exact) mass is 503 g/mol. The van der Waals surface area contributed by atoms with Gasteiger partial charge in [0.25, 0.3) is 0 Å². The van der Waals surface area contributed by atoms with Crippen LogP contribution in [0, 0.1) is 12.8 Å². The molecule has 28 heavy (non-hydrogen) atoms. The van der Waals surface area contributed by atoms with E-state index in [1.54, 1.807) is 0 Å². The molecule has 0 bridgehead atoms. The van der Waals surface area contributed by atoms with Crippen LogP contribution in [0.2, 0.25) is 0 Å². The van der Waals surface area contributed by atoms with Crippen LogP contribution in [0.1, 0.15) is 43.7 Å². The Kier molecular flexibility index (Phi) is 9.30. The van der Waals surface area contributed by atoms with Gasteiger partial charge in [0, 0.05) is 31.2 Å². The molecule has 0 amide bonds. The largest absolute Gasteiger partial charge is 0.493 e. The SMILES string of the molecule is CCNC(=NCc1ccc(C)cc1OCC1CCOC1)NCC1(O)CCC1.I. The minimum absolute atomic E-state index is 0. The number of nitrogens with one attached hydrogen (secondary N) is 2. The first-order valence-corrected chi connectivity index (χ1v) is 10.1. The van der Waals surface area contributed by atoms with Gasteiger partial charge in [-0.15, -0.1) is 24.0 Å². The van der Waals surface area contributed by atoms with Crippen molar-refractivity contribution in [3.8, 4) is 5.75 Å². The fourth-order valence-corrected chi connectivity index (χ4v) is 3.37. The van der Waals surface area contributed by atoms with Gasteiger partial charge >= 0.3 is 0 Å². The minimum Gasteiger partial charge on any atom is -0.493 e. The highest BCUT2D eigenvalue weighted by molar-refractivity contribution is 14.0. The van der Waals surface area contributed by atoms with Crippen LogP contribution in [0.5, 0.6) is 5.75 Å². The number of rotatable bonds is 8. The van der Waals surface area contributed by atoms with Crippen molar-refractivity contribution in [1.82, 2.24) is 10.6 Å². The highest BCUT2D eigenvalue weighted by Gasteiger charge is 2.34. The second-order valence-corrected chi connectivity index (χ2v) is 7.78. The molecule has 2 aliphatic rings. The van der Waals surface area contributed by atoms with Crippen molar-refractivity contribution in [1.29, 1.82) is 0 Å². The third-order valence-electron chi connectivity index (χ3n) is 5.34. The van der Waals surface area contributed by atoms with Crippen molar-refractivity contribution in [2.24, 2.45) is 10.9 Å². The number of ether oxygens (including phenoxy) is 2. The Balaban J connectivity index is 0.00000280. The zero-order valence-corrected chi connectivity index (χ0v) is 19.3. The normalized spacial score (nSPS) is 20.8. The molecule has 1 aromatic rings. The Morgan fingerprint density at radius 2 is 2.18 bits per heavy atom. The van der Waals surface area contributed by atoms with Crippen molar-refractivity contribution >= 4 is 29.9 Å². The van der Waals surface area contributed by atoms with E-state index in [0.717, 1.165) is 62.7 Å². The maximum absolute atomic E-state index is 10.3. The Labute approximate surface area is 185 Å². The summed E-state index contributed by atoms with van der Waals surface area (Å²) in [5, 5.41) is 16.8. The van der Waals surface area contributed by atoms with Crippen LogP contribution in [0.25, 0.3) is 0 Å². The van der Waals surface area contributed by atoms with Crippen molar-refractivity contribution < 1.29 is 14.6 Å². The van der Waals surface area contributed by atoms with Crippen molar-refractivity contribution in [3.63, 3.8) is 0 Å². The summed E-state index contributed by atoms with van der Waals surface area (Å²) in [6, 6.07) is 6.26. The average Bonchev–Trinajstić information content (AvgIpc) is 3.15. The van der Waals surface area contributed by atoms with E-state index in [1.807, 2.05) is 6.92 Å². The molecule has 3 N–H and O–H groups in total. The lowest BCUT2D eigenvalue weighted by molar-refractivity contribution is -0.0279. The molecule has 2 fully saturated rings. The van der Waals surface area contributed by atoms with Gasteiger partial charge in [-0.2, -0.15) is 0 Å². The number of aliphatic imine (C=N–C) groups is 1. The van der Waals surface area contributed by atoms with Gasteiger partial charge < -0.3 is 25.2 Å². The maximum Gasteiger partial charge on any atom is 0.191 e. The van der Waals surface area contributed by atoms with Gasteiger partial charge in [0.15, 0.2) is 5.96 Å². The highest BCUT2D eigenvalue weighted by atomic mass is 127. The smallest absolute Gasteiger partial charge is 0.191 e. The zero-order chi connectivity index (χ0) is 19.1. The molecule has 1 saturated heterocycles. The van der Waals surface area contributed by atoms with Gasteiger partial charge in [0.2, 0.25) is 0 Å². The van der Waals surface area contributed by atoms with E-state index in [4.69, 9.17) is 14.5 Å². The summed E-state index contributed by atoms with van der Waals surface area (Å²) in [5.74, 6) is 2.11. The Bertz CT molecular complexity index is 644. The van der Waals surface area contributed by atoms with E-state index in [-0.39, 0.29) is 24.0 Å². The van der Waals surface area contributed by atoms with Gasteiger partial charge in [-0.1, -0.05) is 12.1 Å². The number of halogens is 1. The second-order valence-electron chi connectivity index (χ2n) is 7.78. The maximum atomic E-state index is 10.3. The van der Waals surface area contributed by atoms with Crippen LogP contribution in [0.4, 0.5) is 0 Å². The van der Waals surface area contributed by atoms with E-state index < -0.39 is 5.60 Å². The van der Waals surface area contributed by atoms with E-state index in [1.165, 1.54) is 5.56 Å². The third kappa shape index (κ3) is 6.77. The summed E-state index contributed by atoms with van der Waals surface area (Å²) < 4.78 is 11.5. The zero-order valence-electron chi connectivity index (χ0n) is 17.0. The molecule has 1 aromatic carbocycles. The Morgan fingerprint density at radius 3 is 2.82 bits per heavy atom. The molecule has 158 valence electrons. The topological polar surface area (TPSA) is 75.1 Å². The summed E-state index contributed by atoms with van der Waals surface area (Å²) >= 11 is 0. The standard InChI is InChI=1S/C21H33N3O3.HI/c1-3-22-20(24-15-21(25)8-4-9-21)23-12-18-6-5-16(2)11-19(18)27-14-17-7-10-26-13-17;/h5-6,11,17,25H,3-4,7-10,12-15H2,1-2H3,(H2,22,23,24);1H. The van der Waals surface area contributed by atoms with Crippen molar-refractivity contribution in [2.45, 2.75) is 51.7 Å². The van der Waals surface area contributed by atoms with E-state index in [2.05, 4.69) is 35.8 Å². The van der Waals surface area contributed by atoms with Crippen molar-refractivity contribution in [3.05, 3.63) is 29.3 Å². The number of benzene rings is 1. The van der Waals surface area contributed by atoms with E-state index in [9.17, 15) is 5.11 Å². The molecule has 7 heteroatoms. The van der Waals surface area contributed by atoms with Crippen molar-refractivity contribution in [2.75, 3.05) is 32.9 Å². The quantitative estimate of drug-likeness (QED) is 0.289. The van der Waals surface area contributed by atoms with E-state index in [0.29, 0.717) is 25.6 Å². The predicted molar refractivity (Wildman–Crippen MR) is 123 cm³/mol. The number of hydrogen-bond donors (Lipinski definition) is 3. The molecule has 3 rings (SSSR count). The van der Waals surface area contributed by atoms with E-state index >= 15 is 0 Å². The fraction of sp³-hybridized carbons (Fsp3) is 0.667. The molecule has 0 spiro atoms. The lowest BCUT2D eigenvalue weighted by Gasteiger charge is -2.37. The molecule has 1 atom stereocenters. The third-order valence-corrected chi connectivity index (χ3v) is 5.34. The Hall–Kier alpha value is -1.06. The van der Waals surface area contributed by atoms with Gasteiger partial charge in [0.05, 0.1) is 25.4 Å². The molecular formula is C21H34IN3O3. The van der Waals surface area contributed by atoms with Gasteiger partial charge in [-0.3, -0.25) is 0 Å². The summed E-state index contributed by atoms with van der Waals surface area (Å²) in [4.78, 5) is 4.69. The summed E-state index contributed by atoms with van der Waals surface area (Å²) in [6.45, 7) is 8.28. The molecule has 1 saturated carbocycles. The van der Waals surface area contributed by atoms with Crippen LogP contribution < -0.4 is 15.4 Å². The first-order valence-electron chi connectivity index (χ1n) is 10.1. The fourth-order valence-electron chi connectivity index (χ4n) is 3.37. The minimum atomic E-state index is -0.572. The molecule has 1 heterocycles. The number of nitrogens with zero attached hydrogens (tertiary/aromatic N) is 1. The number of guanidine groups is 1. The molecule has 0 aromatic heterocycles. The summed E-state index contributed by atoms with van der Waals surface area (Å²) in [5.41, 5.74) is 1.68. The van der Waals surface area contributed by atoms with Crippen LogP contribution in [0.3, 0.4) is 0 Å². The van der Waals surface area contributed by atoms with Gasteiger partial charge in [0.1, 0.15) is 5.75 Å². The predicted octanol–water partition coefficient (Wildman–Crippen LogP) is 3.00. The molecule has 0 radical (unpaired) electrons. The number of hydrogen-bond acceptors (Lipinski definition) is 4. The molecule has 1 aliphatic heterocycles. The lowest BCUT2D eigenvalue weighted by atomic mass is 9.80. The van der Waals surface area contributed by atoms with Crippen LogP contribution in [0.15, 0.2) is 23.2 Å². The highest BCUT2D eigenvalue weighted by Crippen LogP contribution is 2.30. The molecular weight excluding hydrogens is 469 g/mol. The summed E-state index contributed by atoms with van der Waals surface area (Å²) in [6.07, 6.45) is 3.89. The molecule has 1 unspecified atom stereocenters. The van der Waals surface area contributed by atoms with Gasteiger partial charge in [-0.25, -0.2) is 4.99 Å². The van der Waals surface area contributed by atoms with Crippen LogP contribution in [-0.4, -0.2) is 49.6 Å².